The lowest BCUT2D eigenvalue weighted by atomic mass is 9.83. The van der Waals surface area contributed by atoms with Crippen LogP contribution in [0.25, 0.3) is 0 Å². The van der Waals surface area contributed by atoms with Gasteiger partial charge in [-0.25, -0.2) is 0 Å². The largest absolute Gasteiger partial charge is 0.490 e. The zero-order chi connectivity index (χ0) is 15.3. The fraction of sp³-hybridized carbons (Fsp3) is 0.647. The first-order valence-corrected chi connectivity index (χ1v) is 8.60. The molecule has 2 N–H and O–H groups in total. The lowest BCUT2D eigenvalue weighted by molar-refractivity contribution is 0.0927. The molecule has 0 radical (unpaired) electrons. The molecule has 1 fully saturated rings. The number of β-amino-alcohol motifs (C(OH)–C–C–N with tert-alkyl or cyclic N) is 1. The smallest absolute Gasteiger partial charge is 0.133 e. The van der Waals surface area contributed by atoms with E-state index in [1.54, 1.807) is 0 Å². The van der Waals surface area contributed by atoms with E-state index in [2.05, 4.69) is 28.2 Å². The van der Waals surface area contributed by atoms with Crippen molar-refractivity contribution in [3.05, 3.63) is 28.2 Å². The minimum Gasteiger partial charge on any atom is -0.490 e. The summed E-state index contributed by atoms with van der Waals surface area (Å²) in [6.07, 6.45) is 5.81. The van der Waals surface area contributed by atoms with Crippen molar-refractivity contribution in [2.45, 2.75) is 57.6 Å². The van der Waals surface area contributed by atoms with E-state index in [-0.39, 0.29) is 5.54 Å². The van der Waals surface area contributed by atoms with Crippen molar-refractivity contribution >= 4 is 15.9 Å². The van der Waals surface area contributed by atoms with Crippen LogP contribution in [-0.4, -0.2) is 29.9 Å². The molecule has 0 heterocycles. The lowest BCUT2D eigenvalue weighted by Crippen LogP contribution is -2.48. The van der Waals surface area contributed by atoms with Gasteiger partial charge in [0.1, 0.15) is 18.5 Å². The first kappa shape index (κ1) is 16.8. The molecule has 0 spiro atoms. The van der Waals surface area contributed by atoms with Gasteiger partial charge >= 0.3 is 0 Å². The van der Waals surface area contributed by atoms with E-state index < -0.39 is 6.10 Å². The minimum atomic E-state index is -0.489. The van der Waals surface area contributed by atoms with Crippen LogP contribution in [0.5, 0.6) is 5.75 Å². The molecule has 1 aliphatic rings. The molecule has 1 aromatic rings. The van der Waals surface area contributed by atoms with Crippen LogP contribution < -0.4 is 10.1 Å². The first-order valence-electron chi connectivity index (χ1n) is 7.81. The quantitative estimate of drug-likeness (QED) is 0.815. The average Bonchev–Trinajstić information content (AvgIpc) is 2.45. The third-order valence-electron chi connectivity index (χ3n) is 4.24. The molecule has 0 amide bonds. The second-order valence-electron chi connectivity index (χ2n) is 6.40. The number of ether oxygens (including phenoxy) is 1. The van der Waals surface area contributed by atoms with Crippen LogP contribution in [0, 0.1) is 6.92 Å². The van der Waals surface area contributed by atoms with Gasteiger partial charge < -0.3 is 15.2 Å². The molecule has 21 heavy (non-hydrogen) atoms. The highest BCUT2D eigenvalue weighted by Gasteiger charge is 2.26. The maximum absolute atomic E-state index is 10.1. The zero-order valence-corrected chi connectivity index (χ0v) is 14.6. The van der Waals surface area contributed by atoms with Crippen LogP contribution >= 0.6 is 15.9 Å². The molecule has 118 valence electrons. The summed E-state index contributed by atoms with van der Waals surface area (Å²) in [6, 6.07) is 5.96. The maximum atomic E-state index is 10.1. The summed E-state index contributed by atoms with van der Waals surface area (Å²) in [5.41, 5.74) is 1.37. The molecule has 0 saturated heterocycles. The molecule has 1 saturated carbocycles. The fourth-order valence-corrected chi connectivity index (χ4v) is 3.45. The zero-order valence-electron chi connectivity index (χ0n) is 13.0. The highest BCUT2D eigenvalue weighted by atomic mass is 79.9. The van der Waals surface area contributed by atoms with Crippen LogP contribution in [-0.2, 0) is 0 Å². The van der Waals surface area contributed by atoms with Crippen molar-refractivity contribution in [2.75, 3.05) is 13.2 Å². The Bertz CT molecular complexity index is 458. The summed E-state index contributed by atoms with van der Waals surface area (Å²) in [5, 5.41) is 13.6. The average molecular weight is 356 g/mol. The number of hydrogen-bond acceptors (Lipinski definition) is 3. The fourth-order valence-electron chi connectivity index (χ4n) is 2.84. The SMILES string of the molecule is Cc1ccc(OCC(O)CNC2(C)CCCCC2)c(Br)c1. The second kappa shape index (κ2) is 7.61. The predicted octanol–water partition coefficient (Wildman–Crippen LogP) is 3.81. The van der Waals surface area contributed by atoms with Crippen molar-refractivity contribution < 1.29 is 9.84 Å². The van der Waals surface area contributed by atoms with E-state index in [0.29, 0.717) is 13.2 Å². The van der Waals surface area contributed by atoms with Crippen LogP contribution in [0.1, 0.15) is 44.6 Å². The van der Waals surface area contributed by atoms with Crippen LogP contribution in [0.4, 0.5) is 0 Å². The van der Waals surface area contributed by atoms with Gasteiger partial charge in [-0.3, -0.25) is 0 Å². The third kappa shape index (κ3) is 5.28. The Hall–Kier alpha value is -0.580. The summed E-state index contributed by atoms with van der Waals surface area (Å²) >= 11 is 3.49. The summed E-state index contributed by atoms with van der Waals surface area (Å²) in [4.78, 5) is 0. The molecule has 1 aromatic carbocycles. The molecule has 0 bridgehead atoms. The van der Waals surface area contributed by atoms with E-state index in [9.17, 15) is 5.11 Å². The summed E-state index contributed by atoms with van der Waals surface area (Å²) in [7, 11) is 0. The molecule has 1 unspecified atom stereocenters. The monoisotopic (exact) mass is 355 g/mol. The Balaban J connectivity index is 1.75. The van der Waals surface area contributed by atoms with Gasteiger partial charge in [-0.05, 0) is 60.3 Å². The minimum absolute atomic E-state index is 0.184. The molecule has 4 heteroatoms. The Morgan fingerprint density at radius 3 is 2.71 bits per heavy atom. The van der Waals surface area contributed by atoms with Gasteiger partial charge in [0.2, 0.25) is 0 Å². The molecule has 0 aliphatic heterocycles. The second-order valence-corrected chi connectivity index (χ2v) is 7.26. The summed E-state index contributed by atoms with van der Waals surface area (Å²) < 4.78 is 6.62. The lowest BCUT2D eigenvalue weighted by Gasteiger charge is -2.35. The first-order chi connectivity index (χ1) is 9.98. The predicted molar refractivity (Wildman–Crippen MR) is 89.9 cm³/mol. The normalized spacial score (nSPS) is 19.2. The van der Waals surface area contributed by atoms with Crippen LogP contribution in [0.15, 0.2) is 22.7 Å². The molecule has 1 atom stereocenters. The Morgan fingerprint density at radius 2 is 2.05 bits per heavy atom. The highest BCUT2D eigenvalue weighted by Crippen LogP contribution is 2.28. The van der Waals surface area contributed by atoms with Crippen LogP contribution in [0.3, 0.4) is 0 Å². The molecule has 2 rings (SSSR count). The third-order valence-corrected chi connectivity index (χ3v) is 4.86. The number of halogens is 1. The highest BCUT2D eigenvalue weighted by molar-refractivity contribution is 9.10. The van der Waals surface area contributed by atoms with Gasteiger partial charge in [0.15, 0.2) is 0 Å². The Morgan fingerprint density at radius 1 is 1.33 bits per heavy atom. The number of aryl methyl sites for hydroxylation is 1. The van der Waals surface area contributed by atoms with E-state index in [1.807, 2.05) is 25.1 Å². The van der Waals surface area contributed by atoms with E-state index >= 15 is 0 Å². The van der Waals surface area contributed by atoms with Gasteiger partial charge in [0.25, 0.3) is 0 Å². The molecule has 3 nitrogen and oxygen atoms in total. The van der Waals surface area contributed by atoms with Gasteiger partial charge in [-0.2, -0.15) is 0 Å². The van der Waals surface area contributed by atoms with E-state index in [1.165, 1.54) is 37.7 Å². The number of aliphatic hydroxyl groups excluding tert-OH is 1. The standard InChI is InChI=1S/C17H26BrNO2/c1-13-6-7-16(15(18)10-13)21-12-14(20)11-19-17(2)8-4-3-5-9-17/h6-7,10,14,19-20H,3-5,8-9,11-12H2,1-2H3. The molecule has 0 aromatic heterocycles. The number of benzene rings is 1. The van der Waals surface area contributed by atoms with E-state index in [0.717, 1.165) is 10.2 Å². The van der Waals surface area contributed by atoms with Crippen molar-refractivity contribution in [3.8, 4) is 5.75 Å². The molecular weight excluding hydrogens is 330 g/mol. The number of hydrogen-bond donors (Lipinski definition) is 2. The number of aliphatic hydroxyl groups is 1. The Kier molecular flexibility index (Phi) is 6.08. The van der Waals surface area contributed by atoms with Crippen LogP contribution in [0.2, 0.25) is 0 Å². The van der Waals surface area contributed by atoms with Gasteiger partial charge in [-0.15, -0.1) is 0 Å². The molecule has 1 aliphatic carbocycles. The van der Waals surface area contributed by atoms with Gasteiger partial charge in [-0.1, -0.05) is 25.3 Å². The van der Waals surface area contributed by atoms with Gasteiger partial charge in [0.05, 0.1) is 4.47 Å². The van der Waals surface area contributed by atoms with E-state index in [4.69, 9.17) is 4.74 Å². The van der Waals surface area contributed by atoms with Crippen molar-refractivity contribution in [1.82, 2.24) is 5.32 Å². The topological polar surface area (TPSA) is 41.5 Å². The summed E-state index contributed by atoms with van der Waals surface area (Å²) in [5.74, 6) is 0.781. The Labute approximate surface area is 136 Å². The summed E-state index contributed by atoms with van der Waals surface area (Å²) in [6.45, 7) is 5.19. The van der Waals surface area contributed by atoms with Crippen molar-refractivity contribution in [3.63, 3.8) is 0 Å². The number of rotatable bonds is 6. The van der Waals surface area contributed by atoms with Gasteiger partial charge in [0, 0.05) is 12.1 Å². The number of nitrogens with one attached hydrogen (secondary N) is 1. The maximum Gasteiger partial charge on any atom is 0.133 e. The molecular formula is C17H26BrNO2. The van der Waals surface area contributed by atoms with Crippen molar-refractivity contribution in [2.24, 2.45) is 0 Å². The van der Waals surface area contributed by atoms with Crippen molar-refractivity contribution in [1.29, 1.82) is 0 Å².